The summed E-state index contributed by atoms with van der Waals surface area (Å²) in [5.74, 6) is -1.22. The van der Waals surface area contributed by atoms with E-state index in [1.807, 2.05) is 0 Å². The number of phenolic OH excluding ortho intramolecular Hbond substituents is 1. The monoisotopic (exact) mass is 267 g/mol. The number of aromatic hydroxyl groups is 1. The van der Waals surface area contributed by atoms with Gasteiger partial charge in [-0.3, -0.25) is 19.7 Å². The Balaban J connectivity index is 2.78. The number of hydrogen-bond acceptors (Lipinski definition) is 5. The van der Waals surface area contributed by atoms with Gasteiger partial charge in [0.1, 0.15) is 11.3 Å². The average molecular weight is 267 g/mol. The number of nitro benzene ring substituents is 1. The number of carbonyl (C=O) groups is 2. The number of benzene rings is 1. The maximum atomic E-state index is 11.7. The van der Waals surface area contributed by atoms with Crippen molar-refractivity contribution in [1.82, 2.24) is 10.6 Å². The molecule has 0 unspecified atom stereocenters. The minimum atomic E-state index is -0.716. The Bertz CT molecular complexity index is 515. The predicted octanol–water partition coefficient (Wildman–Crippen LogP) is 0.166. The Kier molecular flexibility index (Phi) is 4.81. The van der Waals surface area contributed by atoms with Crippen LogP contribution in [0.3, 0.4) is 0 Å². The Morgan fingerprint density at radius 2 is 2.11 bits per heavy atom. The van der Waals surface area contributed by atoms with Crippen molar-refractivity contribution in [2.24, 2.45) is 0 Å². The van der Waals surface area contributed by atoms with Crippen molar-refractivity contribution in [3.05, 3.63) is 33.9 Å². The summed E-state index contributed by atoms with van der Waals surface area (Å²) in [5.41, 5.74) is -0.655. The van der Waals surface area contributed by atoms with Gasteiger partial charge in [-0.05, 0) is 12.1 Å². The normalized spacial score (nSPS) is 9.74. The first-order chi connectivity index (χ1) is 8.95. The van der Waals surface area contributed by atoms with Crippen LogP contribution in [0.1, 0.15) is 16.8 Å². The van der Waals surface area contributed by atoms with Crippen molar-refractivity contribution >= 4 is 17.5 Å². The molecule has 0 saturated carbocycles. The van der Waals surface area contributed by atoms with Gasteiger partial charge in [-0.2, -0.15) is 0 Å². The number of phenols is 1. The molecule has 8 nitrogen and oxygen atoms in total. The van der Waals surface area contributed by atoms with Crippen molar-refractivity contribution in [2.45, 2.75) is 6.42 Å². The molecule has 2 amide bonds. The van der Waals surface area contributed by atoms with Crippen LogP contribution in [-0.4, -0.2) is 35.4 Å². The number of amides is 2. The van der Waals surface area contributed by atoms with E-state index in [9.17, 15) is 24.8 Å². The van der Waals surface area contributed by atoms with E-state index >= 15 is 0 Å². The third-order valence-corrected chi connectivity index (χ3v) is 2.34. The van der Waals surface area contributed by atoms with Gasteiger partial charge in [0.15, 0.2) is 0 Å². The Morgan fingerprint density at radius 1 is 1.42 bits per heavy atom. The van der Waals surface area contributed by atoms with Gasteiger partial charge in [0.05, 0.1) is 4.92 Å². The van der Waals surface area contributed by atoms with Crippen molar-refractivity contribution in [1.29, 1.82) is 0 Å². The van der Waals surface area contributed by atoms with E-state index in [0.717, 1.165) is 18.2 Å². The largest absolute Gasteiger partial charge is 0.508 e. The van der Waals surface area contributed by atoms with Gasteiger partial charge in [0.25, 0.3) is 11.6 Å². The van der Waals surface area contributed by atoms with Crippen LogP contribution >= 0.6 is 0 Å². The van der Waals surface area contributed by atoms with E-state index in [2.05, 4.69) is 10.6 Å². The van der Waals surface area contributed by atoms with Crippen molar-refractivity contribution in [3.8, 4) is 5.75 Å². The molecule has 0 aliphatic carbocycles. The van der Waals surface area contributed by atoms with E-state index in [0.29, 0.717) is 0 Å². The number of carbonyl (C=O) groups excluding carboxylic acids is 2. The Hall–Kier alpha value is -2.64. The van der Waals surface area contributed by atoms with Gasteiger partial charge in [-0.25, -0.2) is 0 Å². The molecule has 102 valence electrons. The Morgan fingerprint density at radius 3 is 2.68 bits per heavy atom. The molecule has 0 atom stereocenters. The lowest BCUT2D eigenvalue weighted by Gasteiger charge is -2.05. The highest BCUT2D eigenvalue weighted by molar-refractivity contribution is 5.98. The predicted molar refractivity (Wildman–Crippen MR) is 65.8 cm³/mol. The standard InChI is InChI=1S/C11H13N3O5/c1-12-10(16)4-5-13-11(17)8-6-7(15)2-3-9(8)14(18)19/h2-3,6,15H,4-5H2,1H3,(H,12,16)(H,13,17). The van der Waals surface area contributed by atoms with E-state index in [4.69, 9.17) is 0 Å². The summed E-state index contributed by atoms with van der Waals surface area (Å²) in [7, 11) is 1.46. The molecule has 1 aromatic rings. The number of hydrogen-bond donors (Lipinski definition) is 3. The second-order valence-electron chi connectivity index (χ2n) is 3.64. The third-order valence-electron chi connectivity index (χ3n) is 2.34. The number of nitro groups is 1. The van der Waals surface area contributed by atoms with Gasteiger partial charge >= 0.3 is 0 Å². The van der Waals surface area contributed by atoms with Crippen LogP contribution in [0.4, 0.5) is 5.69 Å². The number of rotatable bonds is 5. The zero-order chi connectivity index (χ0) is 14.4. The lowest BCUT2D eigenvalue weighted by molar-refractivity contribution is -0.385. The van der Waals surface area contributed by atoms with Crippen LogP contribution in [0.5, 0.6) is 5.75 Å². The van der Waals surface area contributed by atoms with Crippen LogP contribution in [0.25, 0.3) is 0 Å². The minimum absolute atomic E-state index is 0.0469. The van der Waals surface area contributed by atoms with E-state index in [-0.39, 0.29) is 30.2 Å². The van der Waals surface area contributed by atoms with E-state index < -0.39 is 16.5 Å². The SMILES string of the molecule is CNC(=O)CCNC(=O)c1cc(O)ccc1[N+](=O)[O-]. The van der Waals surface area contributed by atoms with Crippen LogP contribution in [0, 0.1) is 10.1 Å². The van der Waals surface area contributed by atoms with Gasteiger partial charge in [-0.1, -0.05) is 0 Å². The molecule has 0 spiro atoms. The van der Waals surface area contributed by atoms with Crippen molar-refractivity contribution in [3.63, 3.8) is 0 Å². The second kappa shape index (κ2) is 6.34. The quantitative estimate of drug-likeness (QED) is 0.518. The number of nitrogens with one attached hydrogen (secondary N) is 2. The molecule has 0 aliphatic rings. The molecule has 1 rings (SSSR count). The van der Waals surface area contributed by atoms with Crippen LogP contribution in [0.2, 0.25) is 0 Å². The van der Waals surface area contributed by atoms with Crippen LogP contribution in [0.15, 0.2) is 18.2 Å². The fourth-order valence-electron chi connectivity index (χ4n) is 1.37. The number of nitrogens with zero attached hydrogens (tertiary/aromatic N) is 1. The zero-order valence-electron chi connectivity index (χ0n) is 10.2. The molecule has 0 saturated heterocycles. The van der Waals surface area contributed by atoms with Gasteiger partial charge in [-0.15, -0.1) is 0 Å². The lowest BCUT2D eigenvalue weighted by Crippen LogP contribution is -2.29. The molecule has 0 aliphatic heterocycles. The molecule has 0 heterocycles. The smallest absolute Gasteiger partial charge is 0.282 e. The highest BCUT2D eigenvalue weighted by Crippen LogP contribution is 2.22. The average Bonchev–Trinajstić information content (AvgIpc) is 2.37. The maximum absolute atomic E-state index is 11.7. The summed E-state index contributed by atoms with van der Waals surface area (Å²) in [5, 5.41) is 24.7. The summed E-state index contributed by atoms with van der Waals surface area (Å²) < 4.78 is 0. The molecule has 0 bridgehead atoms. The maximum Gasteiger partial charge on any atom is 0.282 e. The first kappa shape index (κ1) is 14.4. The highest BCUT2D eigenvalue weighted by Gasteiger charge is 2.20. The molecule has 8 heteroatoms. The van der Waals surface area contributed by atoms with Crippen LogP contribution in [-0.2, 0) is 4.79 Å². The first-order valence-corrected chi connectivity index (χ1v) is 5.42. The molecule has 1 aromatic carbocycles. The van der Waals surface area contributed by atoms with Gasteiger partial charge in [0, 0.05) is 26.1 Å². The van der Waals surface area contributed by atoms with Crippen molar-refractivity contribution < 1.29 is 19.6 Å². The minimum Gasteiger partial charge on any atom is -0.508 e. The summed E-state index contributed by atoms with van der Waals surface area (Å²) in [6.07, 6.45) is 0.0643. The summed E-state index contributed by atoms with van der Waals surface area (Å²) in [4.78, 5) is 32.7. The topological polar surface area (TPSA) is 122 Å². The van der Waals surface area contributed by atoms with E-state index in [1.165, 1.54) is 7.05 Å². The fourth-order valence-corrected chi connectivity index (χ4v) is 1.37. The van der Waals surface area contributed by atoms with Gasteiger partial charge < -0.3 is 15.7 Å². The Labute approximate surface area is 108 Å². The van der Waals surface area contributed by atoms with Crippen molar-refractivity contribution in [2.75, 3.05) is 13.6 Å². The molecular weight excluding hydrogens is 254 g/mol. The van der Waals surface area contributed by atoms with Crippen LogP contribution < -0.4 is 10.6 Å². The molecular formula is C11H13N3O5. The summed E-state index contributed by atoms with van der Waals surface area (Å²) in [6.45, 7) is 0.0469. The van der Waals surface area contributed by atoms with E-state index in [1.54, 1.807) is 0 Å². The molecule has 3 N–H and O–H groups in total. The molecule has 0 aromatic heterocycles. The summed E-state index contributed by atoms with van der Waals surface area (Å²) in [6, 6.07) is 3.18. The fraction of sp³-hybridized carbons (Fsp3) is 0.273. The van der Waals surface area contributed by atoms with Gasteiger partial charge in [0.2, 0.25) is 5.91 Å². The lowest BCUT2D eigenvalue weighted by atomic mass is 10.1. The molecule has 19 heavy (non-hydrogen) atoms. The second-order valence-corrected chi connectivity index (χ2v) is 3.64. The highest BCUT2D eigenvalue weighted by atomic mass is 16.6. The first-order valence-electron chi connectivity index (χ1n) is 5.42. The summed E-state index contributed by atoms with van der Waals surface area (Å²) >= 11 is 0. The molecule has 0 radical (unpaired) electrons. The molecule has 0 fully saturated rings. The zero-order valence-corrected chi connectivity index (χ0v) is 10.2. The third kappa shape index (κ3) is 3.95.